The van der Waals surface area contributed by atoms with Crippen LogP contribution < -0.4 is 25.3 Å². The van der Waals surface area contributed by atoms with Gasteiger partial charge in [-0.1, -0.05) is 30.3 Å². The van der Waals surface area contributed by atoms with Crippen LogP contribution in [-0.4, -0.2) is 72.8 Å². The maximum absolute atomic E-state index is 12.4. The number of nitrogens with one attached hydrogen (secondary N) is 2. The summed E-state index contributed by atoms with van der Waals surface area (Å²) in [5.74, 6) is 1.60. The van der Waals surface area contributed by atoms with Crippen molar-refractivity contribution in [3.8, 4) is 5.75 Å². The van der Waals surface area contributed by atoms with E-state index in [2.05, 4.69) is 43.0 Å². The highest BCUT2D eigenvalue weighted by molar-refractivity contribution is 6.31. The van der Waals surface area contributed by atoms with Crippen molar-refractivity contribution in [1.29, 1.82) is 0 Å². The van der Waals surface area contributed by atoms with Gasteiger partial charge in [0.15, 0.2) is 5.82 Å². The highest BCUT2D eigenvalue weighted by Crippen LogP contribution is 2.40. The number of hydroxylamine groups is 1. The first-order valence-corrected chi connectivity index (χ1v) is 15.2. The average molecular weight is 604 g/mol. The first-order valence-electron chi connectivity index (χ1n) is 14.8. The van der Waals surface area contributed by atoms with Crippen molar-refractivity contribution in [3.05, 3.63) is 71.5 Å². The molecule has 1 atom stereocenters. The lowest BCUT2D eigenvalue weighted by Gasteiger charge is -2.37. The Labute approximate surface area is 257 Å². The van der Waals surface area contributed by atoms with E-state index in [1.54, 1.807) is 7.11 Å². The van der Waals surface area contributed by atoms with Crippen LogP contribution in [-0.2, 0) is 16.1 Å². The van der Waals surface area contributed by atoms with E-state index in [1.807, 2.05) is 42.3 Å². The summed E-state index contributed by atoms with van der Waals surface area (Å²) in [5, 5.41) is 9.01. The van der Waals surface area contributed by atoms with Crippen molar-refractivity contribution >= 4 is 46.2 Å². The standard InChI is InChI=1S/C32H38ClN7O3/c1-4-32(41)37-26-17-27(29(42-3)18-28(26)39-13-11-38(12-14-39)23-8-9-23)36-30-19-31(35-20-34-30)40-24(10-15-43-40)16-22-6-5-7-25(33)21(22)2/h4-7,17-20,23-24H,1,8-16H2,2-3H3,(H,37,41)(H,34,35,36)/t24-/m1/s1. The van der Waals surface area contributed by atoms with Crippen molar-refractivity contribution < 1.29 is 14.4 Å². The van der Waals surface area contributed by atoms with Crippen molar-refractivity contribution in [2.45, 2.75) is 44.7 Å². The molecule has 226 valence electrons. The van der Waals surface area contributed by atoms with Crippen molar-refractivity contribution in [2.24, 2.45) is 0 Å². The van der Waals surface area contributed by atoms with Gasteiger partial charge >= 0.3 is 0 Å². The molecule has 1 amide bonds. The Morgan fingerprint density at radius 3 is 2.70 bits per heavy atom. The molecule has 1 aromatic heterocycles. The van der Waals surface area contributed by atoms with Gasteiger partial charge in [0, 0.05) is 49.4 Å². The van der Waals surface area contributed by atoms with Crippen LogP contribution in [0.3, 0.4) is 0 Å². The topological polar surface area (TPSA) is 95.1 Å². The van der Waals surface area contributed by atoms with Crippen LogP contribution in [0.1, 0.15) is 30.4 Å². The summed E-state index contributed by atoms with van der Waals surface area (Å²) < 4.78 is 5.82. The van der Waals surface area contributed by atoms with E-state index in [9.17, 15) is 4.79 Å². The van der Waals surface area contributed by atoms with Crippen LogP contribution in [0.4, 0.5) is 28.7 Å². The SMILES string of the molecule is C=CC(=O)Nc1cc(Nc2cc(N3OCC[C@@H]3Cc3cccc(Cl)c3C)ncn2)c(OC)cc1N1CCN(C2CC2)CC1. The lowest BCUT2D eigenvalue weighted by molar-refractivity contribution is -0.111. The third-order valence-corrected chi connectivity index (χ3v) is 8.88. The molecule has 43 heavy (non-hydrogen) atoms. The van der Waals surface area contributed by atoms with Crippen LogP contribution in [0.25, 0.3) is 0 Å². The minimum absolute atomic E-state index is 0.106. The molecule has 3 aromatic rings. The number of amides is 1. The summed E-state index contributed by atoms with van der Waals surface area (Å²) >= 11 is 6.38. The molecule has 3 heterocycles. The first kappa shape index (κ1) is 29.2. The number of hydrogen-bond acceptors (Lipinski definition) is 9. The maximum atomic E-state index is 12.4. The van der Waals surface area contributed by atoms with Crippen molar-refractivity contribution in [3.63, 3.8) is 0 Å². The average Bonchev–Trinajstić information content (AvgIpc) is 3.78. The highest BCUT2D eigenvalue weighted by Gasteiger charge is 2.32. The second-order valence-corrected chi connectivity index (χ2v) is 11.6. The third kappa shape index (κ3) is 6.56. The summed E-state index contributed by atoms with van der Waals surface area (Å²) in [6.07, 6.45) is 7.05. The normalized spacial score (nSPS) is 18.9. The number of ether oxygens (including phenoxy) is 1. The summed E-state index contributed by atoms with van der Waals surface area (Å²) in [7, 11) is 1.64. The van der Waals surface area contributed by atoms with Crippen LogP contribution in [0.2, 0.25) is 5.02 Å². The molecular formula is C32H38ClN7O3. The second kappa shape index (κ2) is 12.8. The monoisotopic (exact) mass is 603 g/mol. The fourth-order valence-corrected chi connectivity index (χ4v) is 6.09. The largest absolute Gasteiger partial charge is 0.494 e. The summed E-state index contributed by atoms with van der Waals surface area (Å²) in [4.78, 5) is 32.3. The molecule has 0 spiro atoms. The molecule has 2 aromatic carbocycles. The minimum Gasteiger partial charge on any atom is -0.494 e. The molecule has 3 fully saturated rings. The molecule has 2 saturated heterocycles. The van der Waals surface area contributed by atoms with Gasteiger partial charge in [0.25, 0.3) is 0 Å². The van der Waals surface area contributed by atoms with Gasteiger partial charge in [-0.15, -0.1) is 0 Å². The smallest absolute Gasteiger partial charge is 0.247 e. The van der Waals surface area contributed by atoms with E-state index in [0.29, 0.717) is 35.4 Å². The molecule has 6 rings (SSSR count). The number of carbonyl (C=O) groups is 1. The van der Waals surface area contributed by atoms with E-state index >= 15 is 0 Å². The minimum atomic E-state index is -0.273. The fourth-order valence-electron chi connectivity index (χ4n) is 5.90. The molecule has 11 heteroatoms. The number of methoxy groups -OCH3 is 1. The zero-order chi connectivity index (χ0) is 29.9. The zero-order valence-corrected chi connectivity index (χ0v) is 25.4. The van der Waals surface area contributed by atoms with Crippen LogP contribution in [0, 0.1) is 6.92 Å². The number of hydrogen-bond donors (Lipinski definition) is 2. The first-order chi connectivity index (χ1) is 20.9. The van der Waals surface area contributed by atoms with Gasteiger partial charge < -0.3 is 20.3 Å². The highest BCUT2D eigenvalue weighted by atomic mass is 35.5. The number of carbonyl (C=O) groups excluding carboxylic acids is 1. The zero-order valence-electron chi connectivity index (χ0n) is 24.7. The van der Waals surface area contributed by atoms with E-state index in [1.165, 1.54) is 30.8 Å². The molecule has 2 N–H and O–H groups in total. The number of halogens is 1. The Hall–Kier alpha value is -3.86. The van der Waals surface area contributed by atoms with Gasteiger partial charge in [0.05, 0.1) is 36.8 Å². The molecule has 1 saturated carbocycles. The summed E-state index contributed by atoms with van der Waals surface area (Å²) in [6.45, 7) is 10.0. The Balaban J connectivity index is 1.24. The molecule has 0 radical (unpaired) electrons. The fraction of sp³-hybridized carbons (Fsp3) is 0.406. The molecule has 0 unspecified atom stereocenters. The Bertz CT molecular complexity index is 1490. The van der Waals surface area contributed by atoms with E-state index in [0.717, 1.165) is 61.3 Å². The van der Waals surface area contributed by atoms with Gasteiger partial charge in [0.2, 0.25) is 5.91 Å². The van der Waals surface area contributed by atoms with Crippen molar-refractivity contribution in [1.82, 2.24) is 14.9 Å². The Morgan fingerprint density at radius 1 is 1.14 bits per heavy atom. The third-order valence-electron chi connectivity index (χ3n) is 8.47. The van der Waals surface area contributed by atoms with Crippen LogP contribution in [0.5, 0.6) is 5.75 Å². The lowest BCUT2D eigenvalue weighted by Crippen LogP contribution is -2.47. The van der Waals surface area contributed by atoms with Gasteiger partial charge in [-0.2, -0.15) is 0 Å². The number of piperazine rings is 1. The predicted octanol–water partition coefficient (Wildman–Crippen LogP) is 5.35. The van der Waals surface area contributed by atoms with Crippen LogP contribution in [0.15, 0.2) is 55.4 Å². The number of rotatable bonds is 10. The number of anilines is 5. The van der Waals surface area contributed by atoms with E-state index < -0.39 is 0 Å². The molecule has 0 bridgehead atoms. The summed E-state index contributed by atoms with van der Waals surface area (Å²) in [6, 6.07) is 12.6. The van der Waals surface area contributed by atoms with Crippen LogP contribution >= 0.6 is 11.6 Å². The predicted molar refractivity (Wildman–Crippen MR) is 171 cm³/mol. The number of aromatic nitrogens is 2. The Kier molecular flexibility index (Phi) is 8.69. The molecule has 2 aliphatic heterocycles. The van der Waals surface area contributed by atoms with E-state index in [4.69, 9.17) is 21.2 Å². The Morgan fingerprint density at radius 2 is 1.95 bits per heavy atom. The van der Waals surface area contributed by atoms with Gasteiger partial charge in [-0.05, 0) is 61.9 Å². The van der Waals surface area contributed by atoms with E-state index in [-0.39, 0.29) is 11.9 Å². The molecule has 10 nitrogen and oxygen atoms in total. The second-order valence-electron chi connectivity index (χ2n) is 11.2. The quantitative estimate of drug-likeness (QED) is 0.297. The van der Waals surface area contributed by atoms with Gasteiger partial charge in [-0.25, -0.2) is 15.0 Å². The molecular weight excluding hydrogens is 566 g/mol. The number of benzene rings is 2. The number of nitrogens with zero attached hydrogens (tertiary/aromatic N) is 5. The molecule has 3 aliphatic rings. The van der Waals surface area contributed by atoms with Gasteiger partial charge in [0.1, 0.15) is 17.9 Å². The maximum Gasteiger partial charge on any atom is 0.247 e. The molecule has 1 aliphatic carbocycles. The lowest BCUT2D eigenvalue weighted by atomic mass is 9.99. The van der Waals surface area contributed by atoms with Crippen molar-refractivity contribution in [2.75, 3.05) is 60.5 Å². The summed E-state index contributed by atoms with van der Waals surface area (Å²) in [5.41, 5.74) is 4.54. The van der Waals surface area contributed by atoms with Gasteiger partial charge in [-0.3, -0.25) is 14.5 Å².